The molecule has 1 aromatic carbocycles. The molecule has 1 saturated carbocycles. The fourth-order valence-corrected chi connectivity index (χ4v) is 2.43. The number of aliphatic hydroxyl groups excluding tert-OH is 1. The van der Waals surface area contributed by atoms with Crippen LogP contribution in [-0.2, 0) is 6.54 Å². The van der Waals surface area contributed by atoms with Crippen LogP contribution < -0.4 is 0 Å². The minimum atomic E-state index is -0.263. The molecule has 2 unspecified atom stereocenters. The largest absolute Gasteiger partial charge is 0.395 e. The number of hydrogen-bond donors (Lipinski definition) is 1. The Balaban J connectivity index is 2.04. The van der Waals surface area contributed by atoms with Crippen LogP contribution in [0, 0.1) is 29.5 Å². The molecule has 108 valence electrons. The van der Waals surface area contributed by atoms with Crippen molar-refractivity contribution in [2.45, 2.75) is 26.3 Å². The van der Waals surface area contributed by atoms with Gasteiger partial charge in [0, 0.05) is 25.1 Å². The van der Waals surface area contributed by atoms with Crippen LogP contribution in [0.25, 0.3) is 0 Å². The zero-order valence-electron chi connectivity index (χ0n) is 12.2. The summed E-state index contributed by atoms with van der Waals surface area (Å²) in [5.41, 5.74) is 1.78. The third kappa shape index (κ3) is 4.33. The van der Waals surface area contributed by atoms with Crippen molar-refractivity contribution in [3.8, 4) is 11.8 Å². The predicted molar refractivity (Wildman–Crippen MR) is 78.6 cm³/mol. The molecular formula is C17H22FNO. The van der Waals surface area contributed by atoms with E-state index >= 15 is 0 Å². The van der Waals surface area contributed by atoms with Crippen LogP contribution >= 0.6 is 0 Å². The van der Waals surface area contributed by atoms with Crippen molar-refractivity contribution in [1.82, 2.24) is 4.90 Å². The lowest BCUT2D eigenvalue weighted by atomic mass is 10.1. The Morgan fingerprint density at radius 1 is 1.45 bits per heavy atom. The van der Waals surface area contributed by atoms with E-state index in [1.165, 1.54) is 18.6 Å². The zero-order chi connectivity index (χ0) is 14.5. The maximum Gasteiger partial charge on any atom is 0.124 e. The second-order valence-electron chi connectivity index (χ2n) is 5.75. The quantitative estimate of drug-likeness (QED) is 0.835. The van der Waals surface area contributed by atoms with Crippen molar-refractivity contribution < 1.29 is 9.50 Å². The van der Waals surface area contributed by atoms with Gasteiger partial charge in [-0.2, -0.15) is 0 Å². The van der Waals surface area contributed by atoms with Crippen molar-refractivity contribution in [3.05, 3.63) is 35.1 Å². The molecule has 1 aliphatic carbocycles. The number of rotatable bonds is 5. The topological polar surface area (TPSA) is 23.5 Å². The summed E-state index contributed by atoms with van der Waals surface area (Å²) in [5, 5.41) is 8.76. The summed E-state index contributed by atoms with van der Waals surface area (Å²) in [4.78, 5) is 2.28. The first-order valence-electron chi connectivity index (χ1n) is 7.17. The Morgan fingerprint density at radius 3 is 2.85 bits per heavy atom. The maximum absolute atomic E-state index is 13.3. The summed E-state index contributed by atoms with van der Waals surface area (Å²) >= 11 is 0. The highest BCUT2D eigenvalue weighted by atomic mass is 19.1. The van der Waals surface area contributed by atoms with E-state index < -0.39 is 0 Å². The number of nitrogens with zero attached hydrogens (tertiary/aromatic N) is 1. The minimum absolute atomic E-state index is 0.0388. The predicted octanol–water partition coefficient (Wildman–Crippen LogP) is 2.65. The number of halogens is 1. The van der Waals surface area contributed by atoms with Gasteiger partial charge in [-0.3, -0.25) is 0 Å². The lowest BCUT2D eigenvalue weighted by Crippen LogP contribution is -2.21. The first kappa shape index (κ1) is 15.0. The normalized spacial score (nSPS) is 20.6. The van der Waals surface area contributed by atoms with E-state index in [-0.39, 0.29) is 12.4 Å². The third-order valence-corrected chi connectivity index (χ3v) is 3.79. The molecular weight excluding hydrogens is 253 g/mol. The van der Waals surface area contributed by atoms with Gasteiger partial charge in [0.1, 0.15) is 5.82 Å². The van der Waals surface area contributed by atoms with E-state index in [0.717, 1.165) is 36.1 Å². The highest BCUT2D eigenvalue weighted by Crippen LogP contribution is 2.38. The number of aliphatic hydroxyl groups is 1. The monoisotopic (exact) mass is 275 g/mol. The Morgan fingerprint density at radius 2 is 2.20 bits per heavy atom. The van der Waals surface area contributed by atoms with E-state index in [4.69, 9.17) is 5.11 Å². The van der Waals surface area contributed by atoms with Crippen molar-refractivity contribution in [1.29, 1.82) is 0 Å². The van der Waals surface area contributed by atoms with Crippen LogP contribution in [0.2, 0.25) is 0 Å². The lowest BCUT2D eigenvalue weighted by Gasteiger charge is -2.17. The fourth-order valence-electron chi connectivity index (χ4n) is 2.43. The molecule has 0 radical (unpaired) electrons. The molecule has 3 heteroatoms. The maximum atomic E-state index is 13.3. The molecule has 1 fully saturated rings. The average Bonchev–Trinajstić information content (AvgIpc) is 3.08. The first-order valence-corrected chi connectivity index (χ1v) is 7.17. The first-order chi connectivity index (χ1) is 9.60. The van der Waals surface area contributed by atoms with Crippen LogP contribution in [0.4, 0.5) is 4.39 Å². The molecule has 1 aliphatic rings. The molecule has 0 saturated heterocycles. The third-order valence-electron chi connectivity index (χ3n) is 3.79. The van der Waals surface area contributed by atoms with E-state index in [1.54, 1.807) is 0 Å². The molecule has 2 rings (SSSR count). The summed E-state index contributed by atoms with van der Waals surface area (Å²) in [7, 11) is 2.10. The van der Waals surface area contributed by atoms with Crippen LogP contribution in [-0.4, -0.2) is 30.2 Å². The van der Waals surface area contributed by atoms with Gasteiger partial charge >= 0.3 is 0 Å². The number of hydrogen-bond acceptors (Lipinski definition) is 2. The van der Waals surface area contributed by atoms with Crippen molar-refractivity contribution in [2.75, 3.05) is 20.2 Å². The standard InChI is InChI=1S/C17H22FNO/c1-13-9-16(13)12-19(2)11-15-6-7-17(18)10-14(15)5-3-4-8-20/h6-7,10,13,16,20H,4,8-9,11-12H2,1-2H3. The summed E-state index contributed by atoms with van der Waals surface area (Å²) in [6, 6.07) is 4.78. The highest BCUT2D eigenvalue weighted by Gasteiger charge is 2.33. The van der Waals surface area contributed by atoms with Gasteiger partial charge in [0.2, 0.25) is 0 Å². The molecule has 0 heterocycles. The van der Waals surface area contributed by atoms with Crippen molar-refractivity contribution in [2.24, 2.45) is 11.8 Å². The van der Waals surface area contributed by atoms with E-state index in [0.29, 0.717) is 6.42 Å². The van der Waals surface area contributed by atoms with E-state index in [2.05, 4.69) is 30.7 Å². The van der Waals surface area contributed by atoms with Gasteiger partial charge in [0.25, 0.3) is 0 Å². The minimum Gasteiger partial charge on any atom is -0.395 e. The smallest absolute Gasteiger partial charge is 0.124 e. The van der Waals surface area contributed by atoms with Gasteiger partial charge in [-0.15, -0.1) is 0 Å². The lowest BCUT2D eigenvalue weighted by molar-refractivity contribution is 0.305. The molecule has 0 amide bonds. The highest BCUT2D eigenvalue weighted by molar-refractivity contribution is 5.41. The van der Waals surface area contributed by atoms with E-state index in [9.17, 15) is 4.39 Å². The molecule has 0 bridgehead atoms. The zero-order valence-corrected chi connectivity index (χ0v) is 12.2. The molecule has 1 N–H and O–H groups in total. The summed E-state index contributed by atoms with van der Waals surface area (Å²) in [5.74, 6) is 7.22. The van der Waals surface area contributed by atoms with E-state index in [1.807, 2.05) is 6.07 Å². The van der Waals surface area contributed by atoms with Crippen molar-refractivity contribution in [3.63, 3.8) is 0 Å². The van der Waals surface area contributed by atoms with Gasteiger partial charge < -0.3 is 10.0 Å². The van der Waals surface area contributed by atoms with Gasteiger partial charge in [0.15, 0.2) is 0 Å². The Labute approximate surface area is 120 Å². The Kier molecular flexibility index (Phi) is 5.17. The van der Waals surface area contributed by atoms with Gasteiger partial charge in [-0.05, 0) is 43.0 Å². The number of benzene rings is 1. The molecule has 2 nitrogen and oxygen atoms in total. The SMILES string of the molecule is CC1CC1CN(C)Cc1ccc(F)cc1C#CCCO. The van der Waals surface area contributed by atoms with Gasteiger partial charge in [0.05, 0.1) is 6.61 Å². The molecule has 0 aromatic heterocycles. The van der Waals surface area contributed by atoms with Crippen molar-refractivity contribution >= 4 is 0 Å². The second kappa shape index (κ2) is 6.88. The molecule has 0 spiro atoms. The molecule has 20 heavy (non-hydrogen) atoms. The van der Waals surface area contributed by atoms with Gasteiger partial charge in [-0.1, -0.05) is 24.8 Å². The molecule has 2 atom stereocenters. The second-order valence-corrected chi connectivity index (χ2v) is 5.75. The average molecular weight is 275 g/mol. The van der Waals surface area contributed by atoms with Crippen LogP contribution in [0.1, 0.15) is 30.9 Å². The van der Waals surface area contributed by atoms with Gasteiger partial charge in [-0.25, -0.2) is 4.39 Å². The Hall–Kier alpha value is -1.37. The van der Waals surface area contributed by atoms with Crippen LogP contribution in [0.15, 0.2) is 18.2 Å². The molecule has 1 aromatic rings. The van der Waals surface area contributed by atoms with Crippen LogP contribution in [0.3, 0.4) is 0 Å². The molecule has 0 aliphatic heterocycles. The summed E-state index contributed by atoms with van der Waals surface area (Å²) in [6.45, 7) is 4.19. The Bertz CT molecular complexity index is 517. The summed E-state index contributed by atoms with van der Waals surface area (Å²) in [6.07, 6.45) is 1.74. The fraction of sp³-hybridized carbons (Fsp3) is 0.529. The summed E-state index contributed by atoms with van der Waals surface area (Å²) < 4.78 is 13.3. The van der Waals surface area contributed by atoms with Crippen LogP contribution in [0.5, 0.6) is 0 Å².